The first kappa shape index (κ1) is 139. The first-order valence-electron chi connectivity index (χ1n) is 48.8. The molecule has 45 nitrogen and oxygen atoms in total. The van der Waals surface area contributed by atoms with E-state index in [0.717, 1.165) is 0 Å². The zero-order valence-electron chi connectivity index (χ0n) is 88.5. The highest BCUT2D eigenvalue weighted by Gasteiger charge is 2.43. The van der Waals surface area contributed by atoms with Crippen LogP contribution in [0.1, 0.15) is 344 Å². The fourth-order valence-corrected chi connectivity index (χ4v) is 12.5. The van der Waals surface area contributed by atoms with E-state index in [1.54, 1.807) is 138 Å². The number of aliphatic carboxylic acids is 6. The maximum absolute atomic E-state index is 11.6. The summed E-state index contributed by atoms with van der Waals surface area (Å²) in [6, 6.07) is 0. The summed E-state index contributed by atoms with van der Waals surface area (Å²) in [4.78, 5) is 209. The lowest BCUT2D eigenvalue weighted by molar-refractivity contribution is -0.180. The minimum Gasteiger partial charge on any atom is -0.481 e. The van der Waals surface area contributed by atoms with Crippen LogP contribution in [-0.4, -0.2) is 301 Å². The van der Waals surface area contributed by atoms with Crippen LogP contribution in [0.15, 0.2) is 0 Å². The summed E-state index contributed by atoms with van der Waals surface area (Å²) in [5.41, 5.74) is 0. The molecule has 5 aliphatic heterocycles. The standard InChI is InChI=1S/2C15H26O6.2C13H22O5.2C12H20O6.C9H14O6.C7H10O5.H2P2S/c2*1-11(2)20-13(16)5-7-15(18-9-10-19-15)8-6-14(17)21-12(3)4;2*1-9(2)17-12(15)7-5-11(14)6-8-13(16)18-10(3)4;2*1-9(2)18-11(15)4-6-12(5-3-10(13)14)16-7-8-17-12;10-7(11)1-3-9(4-2-8(12)13)14-5-6-15-9;8-5(1-3-6(9)10)2-4-7(11)12;1-2-3/h2*11-12H,5-10H2,1-4H3;2*9-10H,5-8H2,1-4H3;2*9H,3-8H2,1-2H3,(H,13,14);1-6H2,(H,10,11)(H,12,13);1-4H2,(H,9,10)(H,11,12);1H2/p+1/i/hT. The van der Waals surface area contributed by atoms with Crippen molar-refractivity contribution in [1.82, 2.24) is 0 Å². The second-order valence-corrected chi connectivity index (χ2v) is 38.2. The van der Waals surface area contributed by atoms with Gasteiger partial charge in [-0.2, -0.15) is 0 Å². The first-order valence-corrected chi connectivity index (χ1v) is 51.9. The van der Waals surface area contributed by atoms with Crippen LogP contribution < -0.4 is 0 Å². The van der Waals surface area contributed by atoms with Gasteiger partial charge in [-0.15, -0.1) is 0 Å². The van der Waals surface area contributed by atoms with Gasteiger partial charge in [-0.3, -0.25) is 91.1 Å². The average molecular weight is 2130 g/mol. The van der Waals surface area contributed by atoms with Crippen LogP contribution in [0.25, 0.3) is 0 Å². The summed E-state index contributed by atoms with van der Waals surface area (Å²) in [5, 5.41) is 50.8. The van der Waals surface area contributed by atoms with Crippen molar-refractivity contribution in [3.8, 4) is 0 Å². The summed E-state index contributed by atoms with van der Waals surface area (Å²) in [7, 11) is 2.20. The monoisotopic (exact) mass is 2130 g/mol. The third kappa shape index (κ3) is 84.2. The fourth-order valence-electron chi connectivity index (χ4n) is 12.5. The number of hydrogen-bond donors (Lipinski definition) is 6. The van der Waals surface area contributed by atoms with E-state index >= 15 is 0 Å². The molecule has 5 aliphatic rings. The van der Waals surface area contributed by atoms with Gasteiger partial charge in [0.15, 0.2) is 47.7 Å². The Balaban J connectivity index is -0.000000782. The van der Waals surface area contributed by atoms with Gasteiger partial charge in [-0.25, -0.2) is 0 Å². The molecule has 2 atom stereocenters. The van der Waals surface area contributed by atoms with E-state index < -0.39 is 71.7 Å². The van der Waals surface area contributed by atoms with Gasteiger partial charge < -0.3 is 125 Å². The van der Waals surface area contributed by atoms with Gasteiger partial charge in [0.1, 0.15) is 17.3 Å². The minimum atomic E-state index is -1.04. The van der Waals surface area contributed by atoms with Crippen LogP contribution in [0.4, 0.5) is 0 Å². The van der Waals surface area contributed by atoms with Gasteiger partial charge in [0.2, 0.25) is 0 Å². The van der Waals surface area contributed by atoms with Crippen molar-refractivity contribution in [2.45, 2.75) is 434 Å². The molecule has 5 saturated heterocycles. The normalized spacial score (nSPS) is 15.2. The van der Waals surface area contributed by atoms with Crippen LogP contribution in [0.5, 0.6) is 0 Å². The predicted molar refractivity (Wildman–Crippen MR) is 519 cm³/mol. The Morgan fingerprint density at radius 2 is 0.312 bits per heavy atom. The molecule has 5 fully saturated rings. The minimum absolute atomic E-state index is 0.0424. The molecule has 144 heavy (non-hydrogen) atoms. The molecule has 0 bridgehead atoms. The summed E-state index contributed by atoms with van der Waals surface area (Å²) in [5.74, 6) is -14.3. The number of ether oxygens (including phenoxy) is 20. The largest absolute Gasteiger partial charge is 0.481 e. The Kier molecular flexibility index (Phi) is 78.4. The zero-order chi connectivity index (χ0) is 112. The van der Waals surface area contributed by atoms with Crippen molar-refractivity contribution in [3.05, 3.63) is 0 Å². The molecule has 6 N–H and O–H groups in total. The number of carboxylic acid groups (broad SMARTS) is 6. The van der Waals surface area contributed by atoms with Gasteiger partial charge in [0, 0.05) is 103 Å². The molecule has 0 amide bonds. The molecule has 2 unspecified atom stereocenters. The highest BCUT2D eigenvalue weighted by atomic mass is 32.6. The predicted octanol–water partition coefficient (Wildman–Crippen LogP) is 12.7. The van der Waals surface area contributed by atoms with Crippen LogP contribution in [0, 0.1) is 0 Å². The molecular weight excluding hydrogens is 1970 g/mol. The number of carbonyl (C=O) groups excluding carboxylic acids is 13. The van der Waals surface area contributed by atoms with Crippen LogP contribution in [-0.2, 0) is 198 Å². The Hall–Kier alpha value is -8.92. The number of ketones is 3. The van der Waals surface area contributed by atoms with Crippen molar-refractivity contribution < 1.29 is 216 Å². The van der Waals surface area contributed by atoms with E-state index in [1.807, 2.05) is 0 Å². The van der Waals surface area contributed by atoms with E-state index in [4.69, 9.17) is 127 Å². The lowest BCUT2D eigenvalue weighted by Crippen LogP contribution is -2.32. The maximum atomic E-state index is 11.6. The lowest BCUT2D eigenvalue weighted by atomic mass is 10.0. The third-order valence-electron chi connectivity index (χ3n) is 18.5. The van der Waals surface area contributed by atoms with Crippen LogP contribution in [0.3, 0.4) is 0 Å². The quantitative estimate of drug-likeness (QED) is 0.0187. The van der Waals surface area contributed by atoms with E-state index in [9.17, 15) is 91.1 Å². The molecule has 0 spiro atoms. The Bertz CT molecular complexity index is 3510. The number of Topliss-reactive ketones (excluding diaryl/α,β-unsaturated/α-hetero) is 3. The molecule has 0 aromatic rings. The van der Waals surface area contributed by atoms with Crippen molar-refractivity contribution in [1.29, 1.82) is 1.28 Å². The van der Waals surface area contributed by atoms with Gasteiger partial charge in [0.05, 0.1) is 239 Å². The lowest BCUT2D eigenvalue weighted by Gasteiger charge is -2.27. The smallest absolute Gasteiger partial charge is 0.355 e. The highest BCUT2D eigenvalue weighted by molar-refractivity contribution is 8.24. The molecule has 0 aliphatic carbocycles. The topological polar surface area (TPSA) is 630 Å². The molecule has 0 radical (unpaired) electrons. The van der Waals surface area contributed by atoms with Crippen molar-refractivity contribution >= 4 is 141 Å². The number of carbonyl (C=O) groups is 19. The van der Waals surface area contributed by atoms with Gasteiger partial charge in [0.25, 0.3) is 0 Å². The molecule has 48 heteroatoms. The molecule has 0 aromatic heterocycles. The number of hydrogen-bond acceptors (Lipinski definition) is 40. The summed E-state index contributed by atoms with van der Waals surface area (Å²) < 4.78 is 111. The molecular formula is C96H163O45P2S+. The van der Waals surface area contributed by atoms with Gasteiger partial charge in [-0.1, -0.05) is 0 Å². The van der Waals surface area contributed by atoms with Crippen LogP contribution >= 0.6 is 15.9 Å². The van der Waals surface area contributed by atoms with Gasteiger partial charge >= 0.3 is 96.8 Å². The van der Waals surface area contributed by atoms with Crippen molar-refractivity contribution in [3.63, 3.8) is 0 Å². The maximum Gasteiger partial charge on any atom is 0.355 e. The molecule has 832 valence electrons. The molecule has 0 saturated carbocycles. The summed E-state index contributed by atoms with van der Waals surface area (Å²) >= 11 is 4.31. The van der Waals surface area contributed by atoms with E-state index in [-0.39, 0.29) is 305 Å². The third-order valence-corrected chi connectivity index (χ3v) is 18.5. The Morgan fingerprint density at radius 1 is 0.215 bits per heavy atom. The Morgan fingerprint density at radius 3 is 0.417 bits per heavy atom. The second kappa shape index (κ2) is 81.1. The van der Waals surface area contributed by atoms with Gasteiger partial charge in [-0.05, 0) is 138 Å². The van der Waals surface area contributed by atoms with Crippen molar-refractivity contribution in [2.75, 3.05) is 66.1 Å². The summed E-state index contributed by atoms with van der Waals surface area (Å²) in [6.45, 7) is 39.1. The number of esters is 10. The molecule has 5 heterocycles. The van der Waals surface area contributed by atoms with Crippen LogP contribution in [0.2, 0.25) is 0 Å². The number of rotatable bonds is 58. The zero-order valence-corrected chi connectivity index (χ0v) is 90.4. The SMILES string of the molecule is CC(C)OC(=O)CCC(=O)CCC(=O)OC(C)C.CC(C)OC(=O)CCC(=O)CCC(=O)OC(C)C.CC(C)OC(=O)CCC1(CCC(=O)O)OCCO1.CC(C)OC(=O)CCC1(CCC(=O)O)OCCO1.CC(C)OC(=O)CCC1(CCC(=O)OC(C)C)OCCO1.CC(C)OC(=O)CCC1(CCC(=O)OC(C)C)OCCO1.O=C(O)CCC(=O)CCC(=O)O.O=C(O)CCC1(CCC(=O)O)OCCO1.[3H][P+](P)=S. The Labute approximate surface area is 854 Å². The van der Waals surface area contributed by atoms with E-state index in [2.05, 4.69) is 20.7 Å². The highest BCUT2D eigenvalue weighted by Crippen LogP contribution is 2.35. The van der Waals surface area contributed by atoms with E-state index in [0.29, 0.717) is 105 Å². The summed E-state index contributed by atoms with van der Waals surface area (Å²) in [6.07, 6.45) is 2.50. The van der Waals surface area contributed by atoms with E-state index in [1.165, 1.54) is 0 Å². The van der Waals surface area contributed by atoms with Crippen molar-refractivity contribution in [2.24, 2.45) is 0 Å². The molecule has 5 rings (SSSR count). The molecule has 0 aromatic carbocycles. The second-order valence-electron chi connectivity index (χ2n) is 35.5. The fraction of sp³-hybridized carbons (Fsp3) is 0.802. The first-order chi connectivity index (χ1) is 67.4. The average Bonchev–Trinajstić information content (AvgIpc) is 1.74. The number of carboxylic acids is 6.